The summed E-state index contributed by atoms with van der Waals surface area (Å²) in [6, 6.07) is 50.3. The van der Waals surface area contributed by atoms with Crippen molar-refractivity contribution in [3.63, 3.8) is 0 Å². The Balaban J connectivity index is 0.000000170. The van der Waals surface area contributed by atoms with Gasteiger partial charge < -0.3 is 35.7 Å². The van der Waals surface area contributed by atoms with E-state index in [1.165, 1.54) is 82.5 Å². The molecule has 26 heteroatoms. The largest absolute Gasteiger partial charge is 0.510 e. The minimum Gasteiger partial charge on any atom is -0.510 e. The number of benzene rings is 7. The lowest BCUT2D eigenvalue weighted by Gasteiger charge is -2.20. The Kier molecular flexibility index (Phi) is 35.6. The van der Waals surface area contributed by atoms with Gasteiger partial charge in [-0.3, -0.25) is 33.6 Å². The number of thioether (sulfide) groups is 7. The van der Waals surface area contributed by atoms with Crippen molar-refractivity contribution in [2.45, 2.75) is 132 Å². The second kappa shape index (κ2) is 43.5. The zero-order valence-electron chi connectivity index (χ0n) is 66.7. The second-order valence-corrected chi connectivity index (χ2v) is 39.5. The Morgan fingerprint density at radius 3 is 0.855 bits per heavy atom. The second-order valence-electron chi connectivity index (χ2n) is 29.2. The van der Waals surface area contributed by atoms with Gasteiger partial charge in [0.15, 0.2) is 40.5 Å². The number of Topliss-reactive ketones (excluding diaryl/α,β-unsaturated/α-hetero) is 7. The molecule has 7 aromatic rings. The van der Waals surface area contributed by atoms with Crippen LogP contribution in [-0.2, 0) is 39.0 Å². The van der Waals surface area contributed by atoms with E-state index in [0.717, 1.165) is 43.4 Å². The first kappa shape index (κ1) is 95.6. The zero-order chi connectivity index (χ0) is 86.2. The monoisotopic (exact) mass is 1850 g/mol. The van der Waals surface area contributed by atoms with Gasteiger partial charge in [-0.15, -0.1) is 82.3 Å². The highest BCUT2D eigenvalue weighted by atomic mass is 79.9. The van der Waals surface area contributed by atoms with Crippen LogP contribution < -0.4 is 0 Å². The fraction of sp³-hybridized carbons (Fsp3) is 0.308. The first-order valence-electron chi connectivity index (χ1n) is 37.0. The molecule has 14 nitrogen and oxygen atoms in total. The van der Waals surface area contributed by atoms with E-state index < -0.39 is 0 Å². The molecular formula is C91H93BrCl4O14S7. The van der Waals surface area contributed by atoms with Gasteiger partial charge >= 0.3 is 0 Å². The molecule has 618 valence electrons. The van der Waals surface area contributed by atoms with Gasteiger partial charge in [0, 0.05) is 93.8 Å². The summed E-state index contributed by atoms with van der Waals surface area (Å²) in [5.41, 5.74) is 15.9. The van der Waals surface area contributed by atoms with E-state index in [9.17, 15) is 69.3 Å². The predicted molar refractivity (Wildman–Crippen MR) is 494 cm³/mol. The number of carbonyl (C=O) groups excluding carboxylic acids is 7. The Bertz CT molecular complexity index is 4840. The summed E-state index contributed by atoms with van der Waals surface area (Å²) >= 11 is 37.8. The third kappa shape index (κ3) is 25.4. The van der Waals surface area contributed by atoms with Gasteiger partial charge in [0.1, 0.15) is 40.3 Å². The van der Waals surface area contributed by atoms with E-state index in [1.54, 1.807) is 101 Å². The van der Waals surface area contributed by atoms with Crippen LogP contribution in [0, 0.1) is 20.8 Å². The van der Waals surface area contributed by atoms with E-state index in [4.69, 9.17) is 46.4 Å². The van der Waals surface area contributed by atoms with Crippen molar-refractivity contribution in [3.05, 3.63) is 323 Å². The molecule has 7 N–H and O–H groups in total. The summed E-state index contributed by atoms with van der Waals surface area (Å²) < 4.78 is 1.01. The van der Waals surface area contributed by atoms with Crippen molar-refractivity contribution in [3.8, 4) is 0 Å². The van der Waals surface area contributed by atoms with Crippen LogP contribution in [0.1, 0.15) is 167 Å². The number of halogens is 5. The molecule has 7 atom stereocenters. The standard InChI is InChI=1S/C16H20O2S.C14H16O2S.C13H14O2S.C12H11BrO2S.C12H10Cl2O2S.2C12H11ClO2S/c1-10(17)13-9-19-15(14(13)18)11-5-7-12(8-6-11)16(2,3)4;1-8-4-5-11(6-9(8)2)14-13(16)12(7-17-14)10(3)15;1-8-3-5-10(6-4-8)13-12(15)11(7-16-13)9(2)14;1-7(14)10-6-16-12(11(10)15)8-2-4-9(13)5-3-8;1-6(15)8-5-17-12(11(8)16)7-2-3-9(13)10(14)4-7;1-7(14)10-6-16-12(11(10)15)8-2-4-9(13)5-3-8;1-7(14)10-6-16-12(11(10)15)8-3-2-4-9(13)5-8/h5-8,15,18H,9H2,1-4H3;4-6,14,16H,7H2,1-3H3;3-6,13,15H,7H2,1-2H3;2-5,12,15H,6H2,1H3;2-4,12,16H,5H2,1H3;2*2-5,12,15H,6H2,1H3. The summed E-state index contributed by atoms with van der Waals surface area (Å²) in [6.07, 6.45) is 0. The molecule has 7 heterocycles. The van der Waals surface area contributed by atoms with Gasteiger partial charge in [-0.05, 0) is 179 Å². The zero-order valence-corrected chi connectivity index (χ0v) is 77.1. The molecule has 0 saturated carbocycles. The average molecular weight is 1860 g/mol. The number of hydrogen-bond acceptors (Lipinski definition) is 21. The van der Waals surface area contributed by atoms with Crippen LogP contribution in [0.4, 0.5) is 0 Å². The van der Waals surface area contributed by atoms with Crippen LogP contribution in [0.3, 0.4) is 0 Å². The quantitative estimate of drug-likeness (QED) is 0.0534. The molecule has 0 saturated heterocycles. The molecule has 0 amide bonds. The third-order valence-corrected chi connectivity index (χ3v) is 30.4. The number of aliphatic hydroxyl groups is 7. The molecule has 7 unspecified atom stereocenters. The molecule has 0 aromatic heterocycles. The van der Waals surface area contributed by atoms with Crippen molar-refractivity contribution in [1.82, 2.24) is 0 Å². The highest BCUT2D eigenvalue weighted by Crippen LogP contribution is 2.50. The van der Waals surface area contributed by atoms with Crippen molar-refractivity contribution < 1.29 is 69.3 Å². The minimum atomic E-state index is -0.219. The number of aryl methyl sites for hydroxylation is 3. The molecule has 14 rings (SSSR count). The SMILES string of the molecule is CC(=O)C1=C(O)C(c2ccc(Br)cc2)SC1.CC(=O)C1=C(O)C(c2ccc(C(C)(C)C)cc2)SC1.CC(=O)C1=C(O)C(c2ccc(C)c(C)c2)SC1.CC(=O)C1=C(O)C(c2ccc(C)cc2)SC1.CC(=O)C1=C(O)C(c2ccc(Cl)c(Cl)c2)SC1.CC(=O)C1=C(O)C(c2ccc(Cl)cc2)SC1.CC(=O)C1=C(O)C(c2cccc(Cl)c2)SC1. The van der Waals surface area contributed by atoms with Gasteiger partial charge in [-0.25, -0.2) is 0 Å². The number of ketones is 7. The summed E-state index contributed by atoms with van der Waals surface area (Å²) in [7, 11) is 0. The minimum absolute atomic E-state index is 0.0265. The first-order valence-corrected chi connectivity index (χ1v) is 46.6. The van der Waals surface area contributed by atoms with Crippen LogP contribution in [0.25, 0.3) is 0 Å². The molecule has 0 spiro atoms. The van der Waals surface area contributed by atoms with E-state index in [0.29, 0.717) is 99.4 Å². The molecular weight excluding hydrogens is 1760 g/mol. The first-order chi connectivity index (χ1) is 55.2. The lowest BCUT2D eigenvalue weighted by atomic mass is 9.86. The highest BCUT2D eigenvalue weighted by molar-refractivity contribution is 9.10. The Morgan fingerprint density at radius 1 is 0.308 bits per heavy atom. The van der Waals surface area contributed by atoms with Crippen molar-refractivity contribution in [2.75, 3.05) is 40.3 Å². The third-order valence-electron chi connectivity index (χ3n) is 19.7. The number of hydrogen-bond donors (Lipinski definition) is 7. The van der Waals surface area contributed by atoms with Crippen molar-refractivity contribution in [1.29, 1.82) is 0 Å². The summed E-state index contributed by atoms with van der Waals surface area (Å²) in [4.78, 5) is 79.0. The van der Waals surface area contributed by atoms with Gasteiger partial charge in [0.05, 0.1) is 46.8 Å². The number of rotatable bonds is 14. The summed E-state index contributed by atoms with van der Waals surface area (Å²) in [6.45, 7) is 23.1. The fourth-order valence-electron chi connectivity index (χ4n) is 12.5. The van der Waals surface area contributed by atoms with Gasteiger partial charge in [0.25, 0.3) is 0 Å². The van der Waals surface area contributed by atoms with E-state index in [-0.39, 0.29) is 123 Å². The maximum atomic E-state index is 11.4. The normalized spacial score (nSPS) is 20.1. The molecule has 0 bridgehead atoms. The lowest BCUT2D eigenvalue weighted by molar-refractivity contribution is -0.114. The molecule has 0 aliphatic carbocycles. The predicted octanol–water partition coefficient (Wildman–Crippen LogP) is 25.7. The Hall–Kier alpha value is -6.90. The summed E-state index contributed by atoms with van der Waals surface area (Å²) in [5.74, 6) is 5.23. The molecule has 7 aliphatic heterocycles. The van der Waals surface area contributed by atoms with Gasteiger partial charge in [-0.1, -0.05) is 198 Å². The van der Waals surface area contributed by atoms with Crippen LogP contribution in [0.2, 0.25) is 20.1 Å². The van der Waals surface area contributed by atoms with Gasteiger partial charge in [0.2, 0.25) is 0 Å². The summed E-state index contributed by atoms with van der Waals surface area (Å²) in [5, 5.41) is 71.5. The fourth-order valence-corrected chi connectivity index (χ4v) is 22.7. The van der Waals surface area contributed by atoms with Crippen LogP contribution in [0.15, 0.2) is 242 Å². The molecule has 0 radical (unpaired) electrons. The molecule has 7 aliphatic rings. The van der Waals surface area contributed by atoms with E-state index in [2.05, 4.69) is 86.9 Å². The van der Waals surface area contributed by atoms with E-state index >= 15 is 0 Å². The molecule has 117 heavy (non-hydrogen) atoms. The maximum Gasteiger partial charge on any atom is 0.160 e. The highest BCUT2D eigenvalue weighted by Gasteiger charge is 2.36. The van der Waals surface area contributed by atoms with Crippen LogP contribution in [-0.4, -0.2) is 116 Å². The van der Waals surface area contributed by atoms with E-state index in [1.807, 2.05) is 97.9 Å². The molecule has 7 aromatic carbocycles. The van der Waals surface area contributed by atoms with Gasteiger partial charge in [-0.2, -0.15) is 0 Å². The number of aliphatic hydroxyl groups excluding tert-OH is 7. The van der Waals surface area contributed by atoms with Crippen LogP contribution >= 0.6 is 145 Å². The average Bonchev–Trinajstić information content (AvgIpc) is 1.70. The number of carbonyl (C=O) groups is 7. The Labute approximate surface area is 742 Å². The lowest BCUT2D eigenvalue weighted by Crippen LogP contribution is -2.11. The molecule has 0 fully saturated rings. The topological polar surface area (TPSA) is 261 Å². The smallest absolute Gasteiger partial charge is 0.160 e. The van der Waals surface area contributed by atoms with Crippen molar-refractivity contribution >= 4 is 185 Å². The Morgan fingerprint density at radius 2 is 0.573 bits per heavy atom. The van der Waals surface area contributed by atoms with Crippen molar-refractivity contribution in [2.24, 2.45) is 0 Å². The van der Waals surface area contributed by atoms with Crippen LogP contribution in [0.5, 0.6) is 0 Å². The maximum absolute atomic E-state index is 11.4.